The number of hydrogen-bond acceptors (Lipinski definition) is 5. The highest BCUT2D eigenvalue weighted by molar-refractivity contribution is 7.89. The average molecular weight is 299 g/mol. The van der Waals surface area contributed by atoms with E-state index in [0.29, 0.717) is 0 Å². The van der Waals surface area contributed by atoms with Gasteiger partial charge in [0.25, 0.3) is 10.0 Å². The van der Waals surface area contributed by atoms with Crippen molar-refractivity contribution in [2.24, 2.45) is 0 Å². The molecule has 0 amide bonds. The molecule has 1 aliphatic rings. The summed E-state index contributed by atoms with van der Waals surface area (Å²) in [6.07, 6.45) is 2.55. The summed E-state index contributed by atoms with van der Waals surface area (Å²) in [5.74, 6) is -1.13. The Kier molecular flexibility index (Phi) is 4.36. The van der Waals surface area contributed by atoms with Crippen LogP contribution in [0.1, 0.15) is 23.2 Å². The lowest BCUT2D eigenvalue weighted by Crippen LogP contribution is -2.43. The zero-order valence-electron chi connectivity index (χ0n) is 11.1. The number of carbonyl (C=O) groups is 1. The lowest BCUT2D eigenvalue weighted by Gasteiger charge is -2.29. The number of pyridine rings is 1. The molecular formula is C12H17N3O4S. The molecule has 0 spiro atoms. The van der Waals surface area contributed by atoms with Crippen molar-refractivity contribution in [3.63, 3.8) is 0 Å². The lowest BCUT2D eigenvalue weighted by atomic mass is 10.1. The van der Waals surface area contributed by atoms with Crippen molar-refractivity contribution in [3.8, 4) is 0 Å². The van der Waals surface area contributed by atoms with Gasteiger partial charge in [0.1, 0.15) is 0 Å². The van der Waals surface area contributed by atoms with Gasteiger partial charge in [0.15, 0.2) is 5.03 Å². The quantitative estimate of drug-likeness (QED) is 0.821. The van der Waals surface area contributed by atoms with E-state index in [4.69, 9.17) is 5.11 Å². The Morgan fingerprint density at radius 2 is 2.05 bits per heavy atom. The summed E-state index contributed by atoms with van der Waals surface area (Å²) in [5.41, 5.74) is -0.0387. The second kappa shape index (κ2) is 5.86. The molecule has 1 aliphatic heterocycles. The van der Waals surface area contributed by atoms with Crippen molar-refractivity contribution in [1.82, 2.24) is 14.6 Å². The molecule has 0 unspecified atom stereocenters. The van der Waals surface area contributed by atoms with Gasteiger partial charge in [0.2, 0.25) is 0 Å². The van der Waals surface area contributed by atoms with E-state index >= 15 is 0 Å². The van der Waals surface area contributed by atoms with Crippen LogP contribution in [0.2, 0.25) is 0 Å². The number of sulfonamides is 1. The highest BCUT2D eigenvalue weighted by Gasteiger charge is 2.24. The summed E-state index contributed by atoms with van der Waals surface area (Å²) in [5, 5.41) is 8.60. The topological polar surface area (TPSA) is 99.6 Å². The fourth-order valence-electron chi connectivity index (χ4n) is 2.07. The third-order valence-corrected chi connectivity index (χ3v) is 4.73. The number of rotatable bonds is 4. The van der Waals surface area contributed by atoms with Gasteiger partial charge in [-0.1, -0.05) is 0 Å². The Labute approximate surface area is 117 Å². The normalized spacial score (nSPS) is 18.1. The summed E-state index contributed by atoms with van der Waals surface area (Å²) in [7, 11) is -1.70. The predicted octanol–water partition coefficient (Wildman–Crippen LogP) is 0.152. The van der Waals surface area contributed by atoms with Gasteiger partial charge in [-0.2, -0.15) is 0 Å². The van der Waals surface area contributed by atoms with Crippen LogP contribution in [0.15, 0.2) is 23.4 Å². The van der Waals surface area contributed by atoms with Crippen molar-refractivity contribution in [2.45, 2.75) is 23.9 Å². The summed E-state index contributed by atoms with van der Waals surface area (Å²) < 4.78 is 26.9. The monoisotopic (exact) mass is 299 g/mol. The van der Waals surface area contributed by atoms with E-state index < -0.39 is 16.0 Å². The number of nitrogens with one attached hydrogen (secondary N) is 1. The molecule has 0 saturated carbocycles. The Morgan fingerprint density at radius 3 is 2.55 bits per heavy atom. The van der Waals surface area contributed by atoms with Gasteiger partial charge in [0, 0.05) is 12.2 Å². The van der Waals surface area contributed by atoms with Gasteiger partial charge in [0.05, 0.1) is 5.56 Å². The van der Waals surface area contributed by atoms with E-state index in [2.05, 4.69) is 14.6 Å². The molecule has 1 aromatic rings. The number of aromatic nitrogens is 1. The Balaban J connectivity index is 2.08. The zero-order chi connectivity index (χ0) is 14.8. The maximum absolute atomic E-state index is 12.1. The van der Waals surface area contributed by atoms with E-state index in [-0.39, 0.29) is 16.6 Å². The third kappa shape index (κ3) is 3.53. The maximum atomic E-state index is 12.1. The van der Waals surface area contributed by atoms with Gasteiger partial charge in [-0.3, -0.25) is 0 Å². The lowest BCUT2D eigenvalue weighted by molar-refractivity contribution is 0.0696. The molecule has 0 aromatic carbocycles. The molecule has 1 fully saturated rings. The second-order valence-electron chi connectivity index (χ2n) is 4.89. The third-order valence-electron chi connectivity index (χ3n) is 3.30. The Hall–Kier alpha value is -1.51. The molecule has 0 aliphatic carbocycles. The molecule has 2 heterocycles. The molecule has 7 nitrogen and oxygen atoms in total. The van der Waals surface area contributed by atoms with E-state index in [1.54, 1.807) is 0 Å². The van der Waals surface area contributed by atoms with Crippen LogP contribution >= 0.6 is 0 Å². The van der Waals surface area contributed by atoms with Gasteiger partial charge < -0.3 is 10.0 Å². The standard InChI is InChI=1S/C12H17N3O4S/c1-15-6-4-10(5-7-15)14-20(18,19)11-3-2-9(8-13-11)12(16)17/h2-3,8,10,14H,4-7H2,1H3,(H,16,17). The van der Waals surface area contributed by atoms with Crippen LogP contribution in [-0.4, -0.2) is 55.6 Å². The minimum atomic E-state index is -3.69. The summed E-state index contributed by atoms with van der Waals surface area (Å²) in [6, 6.07) is 2.34. The largest absolute Gasteiger partial charge is 0.478 e. The summed E-state index contributed by atoms with van der Waals surface area (Å²) >= 11 is 0. The van der Waals surface area contributed by atoms with Crippen molar-refractivity contribution in [2.75, 3.05) is 20.1 Å². The zero-order valence-corrected chi connectivity index (χ0v) is 11.9. The van der Waals surface area contributed by atoms with Gasteiger partial charge >= 0.3 is 5.97 Å². The summed E-state index contributed by atoms with van der Waals surface area (Å²) in [6.45, 7) is 1.69. The number of likely N-dealkylation sites (tertiary alicyclic amines) is 1. The van der Waals surface area contributed by atoms with Gasteiger partial charge in [-0.25, -0.2) is 22.9 Å². The maximum Gasteiger partial charge on any atom is 0.337 e. The van der Waals surface area contributed by atoms with Crippen molar-refractivity contribution < 1.29 is 18.3 Å². The first-order valence-corrected chi connectivity index (χ1v) is 7.77. The first-order valence-electron chi connectivity index (χ1n) is 6.29. The molecule has 2 N–H and O–H groups in total. The molecule has 8 heteroatoms. The van der Waals surface area contributed by atoms with Crippen LogP contribution < -0.4 is 4.72 Å². The molecule has 0 bridgehead atoms. The van der Waals surface area contributed by atoms with E-state index in [9.17, 15) is 13.2 Å². The number of hydrogen-bond donors (Lipinski definition) is 2. The number of aromatic carboxylic acids is 1. The number of piperidine rings is 1. The van der Waals surface area contributed by atoms with Crippen LogP contribution in [0.5, 0.6) is 0 Å². The second-order valence-corrected chi connectivity index (χ2v) is 6.55. The van der Waals surface area contributed by atoms with Crippen molar-refractivity contribution in [1.29, 1.82) is 0 Å². The molecule has 0 atom stereocenters. The molecule has 2 rings (SSSR count). The van der Waals surface area contributed by atoms with E-state index in [1.807, 2.05) is 7.05 Å². The highest BCUT2D eigenvalue weighted by Crippen LogP contribution is 2.13. The molecule has 1 saturated heterocycles. The van der Waals surface area contributed by atoms with Crippen LogP contribution in [0, 0.1) is 0 Å². The minimum Gasteiger partial charge on any atom is -0.478 e. The molecular weight excluding hydrogens is 282 g/mol. The Bertz CT molecular complexity index is 577. The van der Waals surface area contributed by atoms with Gasteiger partial charge in [-0.05, 0) is 45.1 Å². The van der Waals surface area contributed by atoms with Crippen LogP contribution in [0.25, 0.3) is 0 Å². The average Bonchev–Trinajstić information content (AvgIpc) is 2.41. The van der Waals surface area contributed by atoms with Crippen LogP contribution in [-0.2, 0) is 10.0 Å². The highest BCUT2D eigenvalue weighted by atomic mass is 32.2. The number of carboxylic acid groups (broad SMARTS) is 1. The molecule has 110 valence electrons. The fraction of sp³-hybridized carbons (Fsp3) is 0.500. The van der Waals surface area contributed by atoms with E-state index in [0.717, 1.165) is 32.1 Å². The minimum absolute atomic E-state index is 0.0387. The fourth-order valence-corrected chi connectivity index (χ4v) is 3.31. The smallest absolute Gasteiger partial charge is 0.337 e. The van der Waals surface area contributed by atoms with Crippen molar-refractivity contribution in [3.05, 3.63) is 23.9 Å². The van der Waals surface area contributed by atoms with Crippen LogP contribution in [0.4, 0.5) is 0 Å². The number of nitrogens with zero attached hydrogens (tertiary/aromatic N) is 2. The van der Waals surface area contributed by atoms with Gasteiger partial charge in [-0.15, -0.1) is 0 Å². The number of carboxylic acids is 1. The van der Waals surface area contributed by atoms with Crippen molar-refractivity contribution >= 4 is 16.0 Å². The molecule has 20 heavy (non-hydrogen) atoms. The van der Waals surface area contributed by atoms with E-state index in [1.165, 1.54) is 12.1 Å². The Morgan fingerprint density at radius 1 is 1.40 bits per heavy atom. The van der Waals surface area contributed by atoms with Crippen LogP contribution in [0.3, 0.4) is 0 Å². The first kappa shape index (κ1) is 14.9. The SMILES string of the molecule is CN1CCC(NS(=O)(=O)c2ccc(C(=O)O)cn2)CC1. The predicted molar refractivity (Wildman–Crippen MR) is 72.0 cm³/mol. The molecule has 1 aromatic heterocycles. The summed E-state index contributed by atoms with van der Waals surface area (Å²) in [4.78, 5) is 16.6. The first-order chi connectivity index (χ1) is 9.38. The molecule has 0 radical (unpaired) electrons.